The van der Waals surface area contributed by atoms with Crippen molar-refractivity contribution < 1.29 is 9.26 Å². The van der Waals surface area contributed by atoms with Gasteiger partial charge < -0.3 is 20.0 Å². The number of nitrogen functional groups attached to an aromatic ring is 1. The predicted octanol–water partition coefficient (Wildman–Crippen LogP) is 3.61. The number of benzene rings is 1. The number of nitrogens with one attached hydrogen (secondary N) is 1. The van der Waals surface area contributed by atoms with Crippen LogP contribution in [0.5, 0.6) is 5.75 Å². The van der Waals surface area contributed by atoms with Crippen molar-refractivity contribution in [1.29, 1.82) is 0 Å². The third-order valence-corrected chi connectivity index (χ3v) is 4.60. The van der Waals surface area contributed by atoms with Gasteiger partial charge in [0, 0.05) is 18.4 Å². The number of nitrogens with two attached hydrogens (primary N) is 1. The van der Waals surface area contributed by atoms with Crippen LogP contribution in [0.3, 0.4) is 0 Å². The van der Waals surface area contributed by atoms with Crippen molar-refractivity contribution in [3.8, 4) is 16.9 Å². The van der Waals surface area contributed by atoms with Crippen LogP contribution in [0.1, 0.15) is 6.92 Å². The SMILES string of the molecule is CCOP(C)COc1cccc(-c2c[nH]c3ncnc(N)c23)c1. The van der Waals surface area contributed by atoms with Gasteiger partial charge in [0.1, 0.15) is 29.9 Å². The molecule has 120 valence electrons. The molecule has 0 aliphatic heterocycles. The summed E-state index contributed by atoms with van der Waals surface area (Å²) >= 11 is 0. The van der Waals surface area contributed by atoms with Crippen molar-refractivity contribution in [2.45, 2.75) is 6.92 Å². The number of H-pyrrole nitrogens is 1. The summed E-state index contributed by atoms with van der Waals surface area (Å²) < 4.78 is 11.4. The van der Waals surface area contributed by atoms with Crippen molar-refractivity contribution in [3.05, 3.63) is 36.8 Å². The van der Waals surface area contributed by atoms with E-state index in [1.165, 1.54) is 6.33 Å². The van der Waals surface area contributed by atoms with E-state index < -0.39 is 8.15 Å². The largest absolute Gasteiger partial charge is 0.487 e. The van der Waals surface area contributed by atoms with Gasteiger partial charge in [0.05, 0.1) is 13.5 Å². The molecule has 0 radical (unpaired) electrons. The zero-order valence-corrected chi connectivity index (χ0v) is 14.0. The van der Waals surface area contributed by atoms with Gasteiger partial charge in [-0.05, 0) is 31.3 Å². The normalized spacial score (nSPS) is 12.4. The molecule has 0 spiro atoms. The third kappa shape index (κ3) is 3.44. The Bertz CT molecular complexity index is 806. The summed E-state index contributed by atoms with van der Waals surface area (Å²) in [5.74, 6) is 1.27. The molecule has 0 aliphatic carbocycles. The van der Waals surface area contributed by atoms with Gasteiger partial charge in [0.15, 0.2) is 0 Å². The Morgan fingerprint density at radius 3 is 3.00 bits per heavy atom. The summed E-state index contributed by atoms with van der Waals surface area (Å²) in [7, 11) is -0.561. The van der Waals surface area contributed by atoms with Crippen molar-refractivity contribution in [2.75, 3.05) is 25.4 Å². The minimum atomic E-state index is -0.561. The van der Waals surface area contributed by atoms with E-state index in [0.717, 1.165) is 27.9 Å². The lowest BCUT2D eigenvalue weighted by Crippen LogP contribution is -1.97. The van der Waals surface area contributed by atoms with Crippen molar-refractivity contribution in [1.82, 2.24) is 15.0 Å². The standard InChI is InChI=1S/C16H19N4O2P/c1-3-22-23(2)10-21-12-6-4-5-11(7-12)13-8-18-16-14(13)15(17)19-9-20-16/h4-9H,3,10H2,1-2H3,(H3,17,18,19,20). The monoisotopic (exact) mass is 330 g/mol. The molecule has 3 rings (SSSR count). The first kappa shape index (κ1) is 15.7. The lowest BCUT2D eigenvalue weighted by Gasteiger charge is -2.13. The molecule has 3 N–H and O–H groups in total. The molecule has 0 bridgehead atoms. The average Bonchev–Trinajstić information content (AvgIpc) is 2.99. The molecule has 1 unspecified atom stereocenters. The first-order chi connectivity index (χ1) is 11.2. The van der Waals surface area contributed by atoms with E-state index in [2.05, 4.69) is 21.6 Å². The quantitative estimate of drug-likeness (QED) is 0.674. The number of rotatable bonds is 6. The Morgan fingerprint density at radius 1 is 1.30 bits per heavy atom. The van der Waals surface area contributed by atoms with Gasteiger partial charge in [0.2, 0.25) is 0 Å². The Morgan fingerprint density at radius 2 is 2.17 bits per heavy atom. The predicted molar refractivity (Wildman–Crippen MR) is 93.7 cm³/mol. The minimum Gasteiger partial charge on any atom is -0.487 e. The van der Waals surface area contributed by atoms with E-state index in [0.29, 0.717) is 18.8 Å². The van der Waals surface area contributed by atoms with Crippen molar-refractivity contribution in [2.24, 2.45) is 0 Å². The third-order valence-electron chi connectivity index (χ3n) is 3.41. The van der Waals surface area contributed by atoms with E-state index in [1.807, 2.05) is 37.4 Å². The number of aromatic nitrogens is 3. The number of hydrogen-bond donors (Lipinski definition) is 2. The first-order valence-corrected chi connectivity index (χ1v) is 9.23. The molecule has 23 heavy (non-hydrogen) atoms. The van der Waals surface area contributed by atoms with Crippen LogP contribution in [0.4, 0.5) is 5.82 Å². The molecule has 0 amide bonds. The molecule has 2 heterocycles. The molecule has 1 aromatic carbocycles. The summed E-state index contributed by atoms with van der Waals surface area (Å²) in [4.78, 5) is 11.4. The lowest BCUT2D eigenvalue weighted by atomic mass is 10.1. The zero-order chi connectivity index (χ0) is 16.2. The Labute approximate surface area is 135 Å². The Balaban J connectivity index is 1.87. The summed E-state index contributed by atoms with van der Waals surface area (Å²) in [6, 6.07) is 7.90. The summed E-state index contributed by atoms with van der Waals surface area (Å²) in [5, 5.41) is 0.830. The maximum absolute atomic E-state index is 5.99. The highest BCUT2D eigenvalue weighted by atomic mass is 31.1. The van der Waals surface area contributed by atoms with Gasteiger partial charge in [-0.25, -0.2) is 9.97 Å². The van der Waals surface area contributed by atoms with Gasteiger partial charge in [-0.2, -0.15) is 0 Å². The van der Waals surface area contributed by atoms with Gasteiger partial charge in [-0.1, -0.05) is 12.1 Å². The molecule has 0 saturated carbocycles. The van der Waals surface area contributed by atoms with Gasteiger partial charge in [0.25, 0.3) is 0 Å². The molecule has 1 atom stereocenters. The molecular weight excluding hydrogens is 311 g/mol. The van der Waals surface area contributed by atoms with Gasteiger partial charge in [-0.15, -0.1) is 0 Å². The zero-order valence-electron chi connectivity index (χ0n) is 13.1. The summed E-state index contributed by atoms with van der Waals surface area (Å²) in [6.07, 6.45) is 3.92. The maximum Gasteiger partial charge on any atom is 0.143 e. The molecule has 0 fully saturated rings. The second-order valence-electron chi connectivity index (χ2n) is 5.03. The maximum atomic E-state index is 5.99. The summed E-state index contributed by atoms with van der Waals surface area (Å²) in [6.45, 7) is 4.75. The van der Waals surface area contributed by atoms with Crippen molar-refractivity contribution >= 4 is 25.0 Å². The second-order valence-corrected chi connectivity index (χ2v) is 6.80. The van der Waals surface area contributed by atoms with E-state index in [4.69, 9.17) is 15.0 Å². The van der Waals surface area contributed by atoms with E-state index >= 15 is 0 Å². The van der Waals surface area contributed by atoms with Crippen LogP contribution < -0.4 is 10.5 Å². The molecule has 7 heteroatoms. The van der Waals surface area contributed by atoms with E-state index in [-0.39, 0.29) is 0 Å². The van der Waals surface area contributed by atoms with Crippen LogP contribution in [-0.2, 0) is 4.52 Å². The van der Waals surface area contributed by atoms with Crippen LogP contribution in [-0.4, -0.2) is 34.6 Å². The highest BCUT2D eigenvalue weighted by Gasteiger charge is 2.11. The highest BCUT2D eigenvalue weighted by Crippen LogP contribution is 2.35. The smallest absolute Gasteiger partial charge is 0.143 e. The van der Waals surface area contributed by atoms with Crippen LogP contribution in [0.25, 0.3) is 22.2 Å². The number of aromatic amines is 1. The first-order valence-electron chi connectivity index (χ1n) is 7.34. The van der Waals surface area contributed by atoms with Crippen LogP contribution >= 0.6 is 8.15 Å². The topological polar surface area (TPSA) is 86.0 Å². The molecule has 2 aromatic heterocycles. The number of hydrogen-bond acceptors (Lipinski definition) is 5. The summed E-state index contributed by atoms with van der Waals surface area (Å²) in [5.41, 5.74) is 8.69. The minimum absolute atomic E-state index is 0.464. The molecular formula is C16H19N4O2P. The van der Waals surface area contributed by atoms with Crippen LogP contribution in [0.15, 0.2) is 36.8 Å². The molecule has 0 saturated heterocycles. The van der Waals surface area contributed by atoms with Crippen LogP contribution in [0.2, 0.25) is 0 Å². The van der Waals surface area contributed by atoms with Crippen molar-refractivity contribution in [3.63, 3.8) is 0 Å². The number of ether oxygens (including phenoxy) is 1. The molecule has 0 aliphatic rings. The molecule has 3 aromatic rings. The Kier molecular flexibility index (Phi) is 4.74. The van der Waals surface area contributed by atoms with Gasteiger partial charge >= 0.3 is 0 Å². The number of fused-ring (bicyclic) bond motifs is 1. The highest BCUT2D eigenvalue weighted by molar-refractivity contribution is 7.51. The number of nitrogens with zero attached hydrogens (tertiary/aromatic N) is 2. The fourth-order valence-electron chi connectivity index (χ4n) is 2.39. The van der Waals surface area contributed by atoms with E-state index in [1.54, 1.807) is 0 Å². The number of anilines is 1. The fourth-order valence-corrected chi connectivity index (χ4v) is 3.24. The lowest BCUT2D eigenvalue weighted by molar-refractivity contribution is 0.334. The van der Waals surface area contributed by atoms with Gasteiger partial charge in [-0.3, -0.25) is 0 Å². The Hall–Kier alpha value is -2.17. The average molecular weight is 330 g/mol. The molecule has 6 nitrogen and oxygen atoms in total. The fraction of sp³-hybridized carbons (Fsp3) is 0.250. The van der Waals surface area contributed by atoms with Crippen LogP contribution in [0, 0.1) is 0 Å². The second kappa shape index (κ2) is 6.94. The van der Waals surface area contributed by atoms with E-state index in [9.17, 15) is 0 Å².